The third-order valence-corrected chi connectivity index (χ3v) is 4.59. The van der Waals surface area contributed by atoms with Crippen LogP contribution < -0.4 is 0 Å². The molecule has 1 spiro atoms. The smallest absolute Gasteiger partial charge is 0.154 e. The summed E-state index contributed by atoms with van der Waals surface area (Å²) >= 11 is 0. The summed E-state index contributed by atoms with van der Waals surface area (Å²) in [7, 11) is 2.21. The van der Waals surface area contributed by atoms with Crippen molar-refractivity contribution in [1.29, 1.82) is 0 Å². The third-order valence-electron chi connectivity index (χ3n) is 4.59. The number of pyridine rings is 1. The molecule has 1 fully saturated rings. The molecule has 2 aliphatic rings. The first-order chi connectivity index (χ1) is 8.59. The predicted molar refractivity (Wildman–Crippen MR) is 74.6 cm³/mol. The molecule has 1 saturated heterocycles. The lowest BCUT2D eigenvalue weighted by molar-refractivity contribution is 0.178. The van der Waals surface area contributed by atoms with Crippen molar-refractivity contribution in [3.05, 3.63) is 23.4 Å². The summed E-state index contributed by atoms with van der Waals surface area (Å²) < 4.78 is 0. The van der Waals surface area contributed by atoms with E-state index >= 15 is 0 Å². The Morgan fingerprint density at radius 3 is 2.67 bits per heavy atom. The van der Waals surface area contributed by atoms with Crippen LogP contribution in [0, 0.1) is 12.3 Å². The van der Waals surface area contributed by atoms with E-state index < -0.39 is 0 Å². The van der Waals surface area contributed by atoms with Crippen molar-refractivity contribution in [1.82, 2.24) is 9.88 Å². The summed E-state index contributed by atoms with van der Waals surface area (Å²) in [6.07, 6.45) is 5.50. The number of hydrogen-bond acceptors (Lipinski definition) is 3. The number of likely N-dealkylation sites (tertiary alicyclic amines) is 1. The van der Waals surface area contributed by atoms with Crippen molar-refractivity contribution in [3.8, 4) is 0 Å². The second-order valence-electron chi connectivity index (χ2n) is 5.95. The SMILES string of the molecule is CC1=Nc2ncc(C)cc2CC12CCN(C)CC2. The van der Waals surface area contributed by atoms with E-state index in [-0.39, 0.29) is 0 Å². The van der Waals surface area contributed by atoms with E-state index in [1.165, 1.54) is 42.8 Å². The Hall–Kier alpha value is -1.22. The molecule has 1 aromatic rings. The van der Waals surface area contributed by atoms with Crippen LogP contribution in [0.4, 0.5) is 5.82 Å². The van der Waals surface area contributed by atoms with Crippen LogP contribution in [0.1, 0.15) is 30.9 Å². The topological polar surface area (TPSA) is 28.5 Å². The Balaban J connectivity index is 1.97. The number of aryl methyl sites for hydroxylation is 1. The number of rotatable bonds is 0. The second-order valence-corrected chi connectivity index (χ2v) is 5.95. The second kappa shape index (κ2) is 4.16. The first kappa shape index (κ1) is 11.8. The summed E-state index contributed by atoms with van der Waals surface area (Å²) in [6, 6.07) is 2.26. The van der Waals surface area contributed by atoms with Crippen LogP contribution in [0.5, 0.6) is 0 Å². The minimum atomic E-state index is 0.301. The summed E-state index contributed by atoms with van der Waals surface area (Å²) in [6.45, 7) is 6.67. The molecule has 0 unspecified atom stereocenters. The first-order valence-electron chi connectivity index (χ1n) is 6.79. The molecule has 0 aromatic carbocycles. The fraction of sp³-hybridized carbons (Fsp3) is 0.600. The molecule has 0 N–H and O–H groups in total. The highest BCUT2D eigenvalue weighted by atomic mass is 15.1. The first-order valence-corrected chi connectivity index (χ1v) is 6.79. The lowest BCUT2D eigenvalue weighted by Crippen LogP contribution is -2.44. The number of fused-ring (bicyclic) bond motifs is 1. The lowest BCUT2D eigenvalue weighted by atomic mass is 9.69. The van der Waals surface area contributed by atoms with Gasteiger partial charge in [-0.05, 0) is 64.4 Å². The molecule has 0 amide bonds. The van der Waals surface area contributed by atoms with E-state index in [0.29, 0.717) is 5.41 Å². The van der Waals surface area contributed by atoms with Gasteiger partial charge in [0, 0.05) is 17.3 Å². The fourth-order valence-corrected chi connectivity index (χ4v) is 3.21. The van der Waals surface area contributed by atoms with Gasteiger partial charge >= 0.3 is 0 Å². The van der Waals surface area contributed by atoms with E-state index in [2.05, 4.69) is 36.8 Å². The van der Waals surface area contributed by atoms with Crippen LogP contribution in [-0.2, 0) is 6.42 Å². The number of hydrogen-bond donors (Lipinski definition) is 0. The number of aromatic nitrogens is 1. The zero-order valence-corrected chi connectivity index (χ0v) is 11.5. The molecule has 0 radical (unpaired) electrons. The summed E-state index contributed by atoms with van der Waals surface area (Å²) in [5, 5.41) is 0. The average molecular weight is 243 g/mol. The monoisotopic (exact) mass is 243 g/mol. The van der Waals surface area contributed by atoms with Crippen LogP contribution in [0.15, 0.2) is 17.3 Å². The molecule has 18 heavy (non-hydrogen) atoms. The van der Waals surface area contributed by atoms with Crippen molar-refractivity contribution >= 4 is 11.5 Å². The zero-order chi connectivity index (χ0) is 12.8. The number of piperidine rings is 1. The molecule has 3 heteroatoms. The normalized spacial score (nSPS) is 22.7. The van der Waals surface area contributed by atoms with Gasteiger partial charge in [-0.25, -0.2) is 9.98 Å². The molecule has 1 aromatic heterocycles. The van der Waals surface area contributed by atoms with E-state index in [1.54, 1.807) is 0 Å². The quantitative estimate of drug-likeness (QED) is 0.701. The predicted octanol–water partition coefficient (Wildman–Crippen LogP) is 2.75. The van der Waals surface area contributed by atoms with E-state index in [9.17, 15) is 0 Å². The van der Waals surface area contributed by atoms with E-state index in [4.69, 9.17) is 4.99 Å². The van der Waals surface area contributed by atoms with Crippen molar-refractivity contribution in [2.45, 2.75) is 33.1 Å². The van der Waals surface area contributed by atoms with Crippen LogP contribution in [0.3, 0.4) is 0 Å². The molecule has 0 atom stereocenters. The van der Waals surface area contributed by atoms with Gasteiger partial charge in [0.15, 0.2) is 5.82 Å². The Kier molecular flexibility index (Phi) is 2.74. The number of aliphatic imine (C=N–C) groups is 1. The zero-order valence-electron chi connectivity index (χ0n) is 11.5. The van der Waals surface area contributed by atoms with Crippen molar-refractivity contribution in [2.75, 3.05) is 20.1 Å². The van der Waals surface area contributed by atoms with Crippen LogP contribution in [0.2, 0.25) is 0 Å². The van der Waals surface area contributed by atoms with Crippen LogP contribution >= 0.6 is 0 Å². The average Bonchev–Trinajstić information content (AvgIpc) is 2.35. The maximum atomic E-state index is 4.78. The van der Waals surface area contributed by atoms with Gasteiger partial charge < -0.3 is 4.90 Å². The van der Waals surface area contributed by atoms with Crippen LogP contribution in [0.25, 0.3) is 0 Å². The molecular weight excluding hydrogens is 222 g/mol. The van der Waals surface area contributed by atoms with Gasteiger partial charge in [0.2, 0.25) is 0 Å². The van der Waals surface area contributed by atoms with Crippen molar-refractivity contribution in [3.63, 3.8) is 0 Å². The van der Waals surface area contributed by atoms with Gasteiger partial charge in [-0.2, -0.15) is 0 Å². The molecular formula is C15H21N3. The summed E-state index contributed by atoms with van der Waals surface area (Å²) in [5.74, 6) is 0.947. The lowest BCUT2D eigenvalue weighted by Gasteiger charge is -2.42. The maximum Gasteiger partial charge on any atom is 0.154 e. The Labute approximate surface area is 109 Å². The highest BCUT2D eigenvalue weighted by Gasteiger charge is 2.39. The van der Waals surface area contributed by atoms with E-state index in [0.717, 1.165) is 12.2 Å². The molecule has 2 aliphatic heterocycles. The van der Waals surface area contributed by atoms with Crippen molar-refractivity contribution < 1.29 is 0 Å². The minimum absolute atomic E-state index is 0.301. The van der Waals surface area contributed by atoms with Gasteiger partial charge in [-0.15, -0.1) is 0 Å². The molecule has 0 saturated carbocycles. The molecule has 3 rings (SSSR count). The largest absolute Gasteiger partial charge is 0.306 e. The highest BCUT2D eigenvalue weighted by Crippen LogP contribution is 2.42. The molecule has 96 valence electrons. The molecule has 3 nitrogen and oxygen atoms in total. The van der Waals surface area contributed by atoms with E-state index in [1.807, 2.05) is 6.20 Å². The van der Waals surface area contributed by atoms with Gasteiger partial charge in [-0.3, -0.25) is 0 Å². The van der Waals surface area contributed by atoms with Crippen LogP contribution in [-0.4, -0.2) is 35.7 Å². The Morgan fingerprint density at radius 1 is 1.22 bits per heavy atom. The molecule has 0 aliphatic carbocycles. The Morgan fingerprint density at radius 2 is 1.94 bits per heavy atom. The fourth-order valence-electron chi connectivity index (χ4n) is 3.21. The molecule has 3 heterocycles. The van der Waals surface area contributed by atoms with Gasteiger partial charge in [0.05, 0.1) is 0 Å². The maximum absolute atomic E-state index is 4.78. The van der Waals surface area contributed by atoms with Gasteiger partial charge in [-0.1, -0.05) is 6.07 Å². The van der Waals surface area contributed by atoms with Crippen molar-refractivity contribution in [2.24, 2.45) is 10.4 Å². The number of nitrogens with zero attached hydrogens (tertiary/aromatic N) is 3. The Bertz CT molecular complexity index is 496. The highest BCUT2D eigenvalue weighted by molar-refractivity contribution is 5.92. The summed E-state index contributed by atoms with van der Waals surface area (Å²) in [4.78, 5) is 11.7. The summed E-state index contributed by atoms with van der Waals surface area (Å²) in [5.41, 5.74) is 4.17. The third kappa shape index (κ3) is 1.87. The minimum Gasteiger partial charge on any atom is -0.306 e. The standard InChI is InChI=1S/C15H21N3/c1-11-8-13-9-15(4-6-18(3)7-5-15)12(2)17-14(13)16-10-11/h8,10H,4-7,9H2,1-3H3. The van der Waals surface area contributed by atoms with Gasteiger partial charge in [0.1, 0.15) is 0 Å². The van der Waals surface area contributed by atoms with Gasteiger partial charge in [0.25, 0.3) is 0 Å². The molecule has 0 bridgehead atoms.